The maximum Gasteiger partial charge on any atom is 0.256 e. The Morgan fingerprint density at radius 1 is 1.09 bits per heavy atom. The van der Waals surface area contributed by atoms with Crippen LogP contribution in [-0.4, -0.2) is 46.2 Å². The first-order valence-electron chi connectivity index (χ1n) is 7.68. The first kappa shape index (κ1) is 15.2. The minimum Gasteiger partial charge on any atom is -0.339 e. The summed E-state index contributed by atoms with van der Waals surface area (Å²) in [6.07, 6.45) is 3.24. The van der Waals surface area contributed by atoms with E-state index in [9.17, 15) is 9.59 Å². The molecule has 0 bridgehead atoms. The highest BCUT2D eigenvalue weighted by atomic mass is 16.2. The molecular formula is C18H19N3O2. The summed E-state index contributed by atoms with van der Waals surface area (Å²) in [6, 6.07) is 13.2. The van der Waals surface area contributed by atoms with Gasteiger partial charge in [-0.3, -0.25) is 14.6 Å². The Kier molecular flexibility index (Phi) is 4.37. The Bertz CT molecular complexity index is 688. The number of hydrogen-bond donors (Lipinski definition) is 0. The second kappa shape index (κ2) is 6.60. The van der Waals surface area contributed by atoms with Crippen molar-refractivity contribution >= 4 is 11.8 Å². The predicted molar refractivity (Wildman–Crippen MR) is 86.7 cm³/mol. The molecule has 0 spiro atoms. The molecule has 1 aromatic carbocycles. The van der Waals surface area contributed by atoms with Crippen molar-refractivity contribution in [3.05, 3.63) is 66.0 Å². The summed E-state index contributed by atoms with van der Waals surface area (Å²) in [5, 5.41) is 0. The molecule has 23 heavy (non-hydrogen) atoms. The Hall–Kier alpha value is -2.69. The molecule has 2 heterocycles. The normalized spacial score (nSPS) is 17.9. The van der Waals surface area contributed by atoms with Gasteiger partial charge in [-0.1, -0.05) is 30.3 Å². The minimum atomic E-state index is -0.137. The van der Waals surface area contributed by atoms with Crippen molar-refractivity contribution in [3.8, 4) is 0 Å². The fourth-order valence-electron chi connectivity index (χ4n) is 2.93. The van der Waals surface area contributed by atoms with E-state index in [1.54, 1.807) is 36.4 Å². The number of benzene rings is 1. The molecule has 0 aliphatic carbocycles. The number of aromatic nitrogens is 1. The van der Waals surface area contributed by atoms with Crippen molar-refractivity contribution in [1.29, 1.82) is 0 Å². The standard InChI is InChI=1S/C18H19N3O2/c1-14(22)20-10-11-21(18(23)16-8-5-9-19-12-16)17(13-20)15-6-3-2-4-7-15/h2-9,12,17H,10-11,13H2,1H3. The van der Waals surface area contributed by atoms with E-state index in [4.69, 9.17) is 0 Å². The molecule has 2 aromatic rings. The predicted octanol–water partition coefficient (Wildman–Crippen LogP) is 2.13. The third-order valence-corrected chi connectivity index (χ3v) is 4.18. The highest BCUT2D eigenvalue weighted by molar-refractivity contribution is 5.94. The van der Waals surface area contributed by atoms with E-state index >= 15 is 0 Å². The molecule has 1 aliphatic rings. The Balaban J connectivity index is 1.91. The number of amides is 2. The maximum atomic E-state index is 12.8. The van der Waals surface area contributed by atoms with Crippen molar-refractivity contribution < 1.29 is 9.59 Å². The minimum absolute atomic E-state index is 0.0411. The summed E-state index contributed by atoms with van der Waals surface area (Å²) in [7, 11) is 0. The molecule has 5 heteroatoms. The van der Waals surface area contributed by atoms with Gasteiger partial charge in [-0.25, -0.2) is 0 Å². The van der Waals surface area contributed by atoms with E-state index in [0.29, 0.717) is 25.2 Å². The molecule has 2 amide bonds. The van der Waals surface area contributed by atoms with Crippen LogP contribution < -0.4 is 0 Å². The third-order valence-electron chi connectivity index (χ3n) is 4.18. The van der Waals surface area contributed by atoms with Gasteiger partial charge in [-0.2, -0.15) is 0 Å². The van der Waals surface area contributed by atoms with Crippen molar-refractivity contribution in [3.63, 3.8) is 0 Å². The smallest absolute Gasteiger partial charge is 0.256 e. The zero-order valence-electron chi connectivity index (χ0n) is 13.1. The molecule has 0 saturated carbocycles. The first-order valence-corrected chi connectivity index (χ1v) is 7.68. The van der Waals surface area contributed by atoms with E-state index < -0.39 is 0 Å². The lowest BCUT2D eigenvalue weighted by molar-refractivity contribution is -0.131. The maximum absolute atomic E-state index is 12.8. The van der Waals surface area contributed by atoms with Crippen molar-refractivity contribution in [1.82, 2.24) is 14.8 Å². The van der Waals surface area contributed by atoms with Gasteiger partial charge in [-0.05, 0) is 17.7 Å². The topological polar surface area (TPSA) is 53.5 Å². The van der Waals surface area contributed by atoms with Crippen LogP contribution in [0.1, 0.15) is 28.9 Å². The molecule has 5 nitrogen and oxygen atoms in total. The Labute approximate surface area is 135 Å². The third kappa shape index (κ3) is 3.23. The fourth-order valence-corrected chi connectivity index (χ4v) is 2.93. The number of carbonyl (C=O) groups excluding carboxylic acids is 2. The van der Waals surface area contributed by atoms with Crippen LogP contribution in [0.25, 0.3) is 0 Å². The summed E-state index contributed by atoms with van der Waals surface area (Å²) in [6.45, 7) is 3.17. The van der Waals surface area contributed by atoms with Gasteiger partial charge in [0, 0.05) is 39.0 Å². The van der Waals surface area contributed by atoms with Crippen LogP contribution in [0, 0.1) is 0 Å². The van der Waals surface area contributed by atoms with Gasteiger partial charge in [0.15, 0.2) is 0 Å². The highest BCUT2D eigenvalue weighted by Gasteiger charge is 2.32. The first-order chi connectivity index (χ1) is 11.2. The van der Waals surface area contributed by atoms with Crippen LogP contribution in [-0.2, 0) is 4.79 Å². The van der Waals surface area contributed by atoms with Gasteiger partial charge in [0.1, 0.15) is 0 Å². The number of nitrogens with zero attached hydrogens (tertiary/aromatic N) is 3. The molecule has 0 radical (unpaired) electrons. The van der Waals surface area contributed by atoms with Gasteiger partial charge < -0.3 is 9.80 Å². The van der Waals surface area contributed by atoms with Gasteiger partial charge in [0.05, 0.1) is 11.6 Å². The van der Waals surface area contributed by atoms with E-state index in [1.807, 2.05) is 35.2 Å². The summed E-state index contributed by atoms with van der Waals surface area (Å²) in [5.41, 5.74) is 1.61. The van der Waals surface area contributed by atoms with E-state index in [0.717, 1.165) is 5.56 Å². The second-order valence-electron chi connectivity index (χ2n) is 5.63. The monoisotopic (exact) mass is 309 g/mol. The lowest BCUT2D eigenvalue weighted by Crippen LogP contribution is -2.51. The number of carbonyl (C=O) groups is 2. The Morgan fingerprint density at radius 2 is 1.87 bits per heavy atom. The molecule has 1 atom stereocenters. The quantitative estimate of drug-likeness (QED) is 0.854. The fraction of sp³-hybridized carbons (Fsp3) is 0.278. The largest absolute Gasteiger partial charge is 0.339 e. The molecule has 118 valence electrons. The molecule has 1 aliphatic heterocycles. The molecule has 1 saturated heterocycles. The molecule has 3 rings (SSSR count). The van der Waals surface area contributed by atoms with Gasteiger partial charge in [-0.15, -0.1) is 0 Å². The van der Waals surface area contributed by atoms with E-state index in [2.05, 4.69) is 4.98 Å². The molecule has 1 unspecified atom stereocenters. The van der Waals surface area contributed by atoms with Gasteiger partial charge in [0.25, 0.3) is 5.91 Å². The number of rotatable bonds is 2. The van der Waals surface area contributed by atoms with Crippen molar-refractivity contribution in [2.45, 2.75) is 13.0 Å². The number of pyridine rings is 1. The van der Waals surface area contributed by atoms with Crippen LogP contribution >= 0.6 is 0 Å². The summed E-state index contributed by atoms with van der Waals surface area (Å²) >= 11 is 0. The van der Waals surface area contributed by atoms with Gasteiger partial charge >= 0.3 is 0 Å². The van der Waals surface area contributed by atoms with Crippen LogP contribution in [0.3, 0.4) is 0 Å². The summed E-state index contributed by atoms with van der Waals surface area (Å²) in [5.74, 6) is -0.00503. The SMILES string of the molecule is CC(=O)N1CCN(C(=O)c2cccnc2)C(c2ccccc2)C1. The van der Waals surface area contributed by atoms with Crippen LogP contribution in [0.2, 0.25) is 0 Å². The average Bonchev–Trinajstić information content (AvgIpc) is 2.62. The van der Waals surface area contributed by atoms with Crippen molar-refractivity contribution in [2.24, 2.45) is 0 Å². The molecule has 0 N–H and O–H groups in total. The van der Waals surface area contributed by atoms with Crippen LogP contribution in [0.4, 0.5) is 0 Å². The summed E-state index contributed by atoms with van der Waals surface area (Å²) < 4.78 is 0. The molecule has 1 fully saturated rings. The zero-order chi connectivity index (χ0) is 16.2. The lowest BCUT2D eigenvalue weighted by atomic mass is 10.0. The van der Waals surface area contributed by atoms with Gasteiger partial charge in [0.2, 0.25) is 5.91 Å². The van der Waals surface area contributed by atoms with E-state index in [1.165, 1.54) is 0 Å². The van der Waals surface area contributed by atoms with Crippen LogP contribution in [0.5, 0.6) is 0 Å². The lowest BCUT2D eigenvalue weighted by Gasteiger charge is -2.41. The Morgan fingerprint density at radius 3 is 2.52 bits per heavy atom. The number of piperazine rings is 1. The number of hydrogen-bond acceptors (Lipinski definition) is 3. The van der Waals surface area contributed by atoms with Crippen LogP contribution in [0.15, 0.2) is 54.9 Å². The van der Waals surface area contributed by atoms with Crippen molar-refractivity contribution in [2.75, 3.05) is 19.6 Å². The zero-order valence-corrected chi connectivity index (χ0v) is 13.1. The van der Waals surface area contributed by atoms with E-state index in [-0.39, 0.29) is 17.9 Å². The summed E-state index contributed by atoms with van der Waals surface area (Å²) in [4.78, 5) is 32.2. The molecule has 1 aromatic heterocycles. The molecular weight excluding hydrogens is 290 g/mol. The average molecular weight is 309 g/mol. The second-order valence-corrected chi connectivity index (χ2v) is 5.63. The highest BCUT2D eigenvalue weighted by Crippen LogP contribution is 2.27.